The van der Waals surface area contributed by atoms with Crippen LogP contribution < -0.4 is 10.1 Å². The number of rotatable bonds is 4. The zero-order chi connectivity index (χ0) is 16.9. The Hall–Kier alpha value is -3.35. The highest BCUT2D eigenvalue weighted by molar-refractivity contribution is 6.04. The first kappa shape index (κ1) is 15.5. The lowest BCUT2D eigenvalue weighted by molar-refractivity contribution is 0.102. The van der Waals surface area contributed by atoms with Crippen LogP contribution in [0.5, 0.6) is 11.5 Å². The second kappa shape index (κ2) is 6.82. The molecule has 0 aliphatic rings. The lowest BCUT2D eigenvalue weighted by Crippen LogP contribution is -2.12. The van der Waals surface area contributed by atoms with Gasteiger partial charge in [-0.15, -0.1) is 0 Å². The summed E-state index contributed by atoms with van der Waals surface area (Å²) in [6.07, 6.45) is 4.18. The average molecular weight is 327 g/mol. The van der Waals surface area contributed by atoms with Gasteiger partial charge in [0, 0.05) is 23.4 Å². The number of anilines is 1. The van der Waals surface area contributed by atoms with Crippen molar-refractivity contribution in [1.29, 1.82) is 0 Å². The van der Waals surface area contributed by atoms with Gasteiger partial charge in [-0.1, -0.05) is 6.07 Å². The lowest BCUT2D eigenvalue weighted by atomic mass is 10.2. The van der Waals surface area contributed by atoms with E-state index in [0.717, 1.165) is 18.2 Å². The Morgan fingerprint density at radius 1 is 0.958 bits per heavy atom. The van der Waals surface area contributed by atoms with Gasteiger partial charge in [0.2, 0.25) is 0 Å². The van der Waals surface area contributed by atoms with Gasteiger partial charge in [-0.25, -0.2) is 18.7 Å². The second-order valence-corrected chi connectivity index (χ2v) is 4.82. The molecule has 1 amide bonds. The van der Waals surface area contributed by atoms with Gasteiger partial charge < -0.3 is 10.1 Å². The van der Waals surface area contributed by atoms with Crippen molar-refractivity contribution in [1.82, 2.24) is 9.97 Å². The molecular formula is C17H11F2N3O2. The van der Waals surface area contributed by atoms with Crippen molar-refractivity contribution in [2.75, 3.05) is 5.32 Å². The van der Waals surface area contributed by atoms with E-state index < -0.39 is 17.5 Å². The van der Waals surface area contributed by atoms with Crippen LogP contribution in [-0.2, 0) is 0 Å². The van der Waals surface area contributed by atoms with Gasteiger partial charge in [-0.05, 0) is 24.3 Å². The highest BCUT2D eigenvalue weighted by atomic mass is 19.1. The highest BCUT2D eigenvalue weighted by Crippen LogP contribution is 2.25. The minimum absolute atomic E-state index is 0.123. The molecule has 7 heteroatoms. The summed E-state index contributed by atoms with van der Waals surface area (Å²) < 4.78 is 32.3. The van der Waals surface area contributed by atoms with Crippen LogP contribution in [0.4, 0.5) is 14.5 Å². The molecule has 120 valence electrons. The van der Waals surface area contributed by atoms with E-state index in [4.69, 9.17) is 4.74 Å². The Kier molecular flexibility index (Phi) is 4.42. The Balaban J connectivity index is 1.80. The molecule has 1 aromatic heterocycles. The van der Waals surface area contributed by atoms with E-state index in [2.05, 4.69) is 15.3 Å². The Morgan fingerprint density at radius 3 is 2.50 bits per heavy atom. The van der Waals surface area contributed by atoms with E-state index in [0.29, 0.717) is 5.75 Å². The molecule has 0 bridgehead atoms. The molecule has 3 aromatic rings. The molecule has 24 heavy (non-hydrogen) atoms. The van der Waals surface area contributed by atoms with Crippen molar-refractivity contribution in [3.63, 3.8) is 0 Å². The Labute approximate surface area is 136 Å². The van der Waals surface area contributed by atoms with Crippen molar-refractivity contribution in [3.8, 4) is 11.5 Å². The van der Waals surface area contributed by atoms with Gasteiger partial charge >= 0.3 is 0 Å². The van der Waals surface area contributed by atoms with Crippen LogP contribution in [0.2, 0.25) is 0 Å². The van der Waals surface area contributed by atoms with Crippen LogP contribution in [0, 0.1) is 11.6 Å². The molecule has 0 radical (unpaired) electrons. The number of aromatic nitrogens is 2. The largest absolute Gasteiger partial charge is 0.454 e. The number of hydrogen-bond acceptors (Lipinski definition) is 4. The number of nitrogens with zero attached hydrogens (tertiary/aromatic N) is 2. The fourth-order valence-electron chi connectivity index (χ4n) is 2.00. The fourth-order valence-corrected chi connectivity index (χ4v) is 2.00. The third-order valence-electron chi connectivity index (χ3n) is 2.99. The van der Waals surface area contributed by atoms with E-state index in [-0.39, 0.29) is 17.0 Å². The van der Waals surface area contributed by atoms with E-state index in [1.54, 1.807) is 0 Å². The second-order valence-electron chi connectivity index (χ2n) is 4.82. The first-order chi connectivity index (χ1) is 11.6. The van der Waals surface area contributed by atoms with Crippen LogP contribution >= 0.6 is 0 Å². The molecular weight excluding hydrogens is 316 g/mol. The minimum atomic E-state index is -0.598. The monoisotopic (exact) mass is 327 g/mol. The number of amides is 1. The molecule has 1 N–H and O–H groups in total. The number of benzene rings is 2. The van der Waals surface area contributed by atoms with Gasteiger partial charge in [-0.2, -0.15) is 0 Å². The summed E-state index contributed by atoms with van der Waals surface area (Å²) in [4.78, 5) is 19.7. The average Bonchev–Trinajstić information content (AvgIpc) is 2.55. The van der Waals surface area contributed by atoms with Gasteiger partial charge in [0.15, 0.2) is 5.75 Å². The van der Waals surface area contributed by atoms with Crippen molar-refractivity contribution in [2.24, 2.45) is 0 Å². The third-order valence-corrected chi connectivity index (χ3v) is 2.99. The maximum absolute atomic E-state index is 13.7. The highest BCUT2D eigenvalue weighted by Gasteiger charge is 2.10. The normalized spacial score (nSPS) is 10.2. The third kappa shape index (κ3) is 3.89. The zero-order valence-electron chi connectivity index (χ0n) is 12.2. The molecule has 2 aromatic carbocycles. The zero-order valence-corrected chi connectivity index (χ0v) is 12.2. The number of nitrogens with one attached hydrogen (secondary N) is 1. The molecule has 0 aliphatic carbocycles. The number of ether oxygens (including phenoxy) is 1. The first-order valence-corrected chi connectivity index (χ1v) is 6.90. The van der Waals surface area contributed by atoms with Crippen molar-refractivity contribution >= 4 is 11.6 Å². The summed E-state index contributed by atoms with van der Waals surface area (Å²) in [7, 11) is 0. The molecule has 0 aliphatic heterocycles. The standard InChI is InChI=1S/C17H11F2N3O2/c18-12-3-1-2-11(4-12)17(23)22-14-5-13(19)6-15(7-14)24-16-8-20-10-21-9-16/h1-10H,(H,22,23). The minimum Gasteiger partial charge on any atom is -0.454 e. The van der Waals surface area contributed by atoms with Crippen LogP contribution in [0.1, 0.15) is 10.4 Å². The first-order valence-electron chi connectivity index (χ1n) is 6.90. The Bertz CT molecular complexity index is 873. The SMILES string of the molecule is O=C(Nc1cc(F)cc(Oc2cncnc2)c1)c1cccc(F)c1. The predicted molar refractivity (Wildman–Crippen MR) is 82.9 cm³/mol. The molecule has 0 saturated carbocycles. The van der Waals surface area contributed by atoms with E-state index in [1.807, 2.05) is 0 Å². The van der Waals surface area contributed by atoms with Crippen molar-refractivity contribution in [3.05, 3.63) is 78.4 Å². The topological polar surface area (TPSA) is 64.1 Å². The number of hydrogen-bond donors (Lipinski definition) is 1. The van der Waals surface area contributed by atoms with E-state index in [1.165, 1.54) is 43.0 Å². The number of halogens is 2. The van der Waals surface area contributed by atoms with Crippen LogP contribution in [-0.4, -0.2) is 15.9 Å². The fraction of sp³-hybridized carbons (Fsp3) is 0. The molecule has 5 nitrogen and oxygen atoms in total. The summed E-state index contributed by atoms with van der Waals surface area (Å²) in [5.74, 6) is -1.20. The van der Waals surface area contributed by atoms with Gasteiger partial charge in [0.05, 0.1) is 12.4 Å². The predicted octanol–water partition coefficient (Wildman–Crippen LogP) is 3.80. The molecule has 0 saturated heterocycles. The summed E-state index contributed by atoms with van der Waals surface area (Å²) in [5.41, 5.74) is 0.300. The summed E-state index contributed by atoms with van der Waals surface area (Å²) in [6.45, 7) is 0. The Morgan fingerprint density at radius 2 is 1.75 bits per heavy atom. The lowest BCUT2D eigenvalue weighted by Gasteiger charge is -2.09. The maximum Gasteiger partial charge on any atom is 0.255 e. The van der Waals surface area contributed by atoms with E-state index in [9.17, 15) is 13.6 Å². The molecule has 1 heterocycles. The molecule has 0 unspecified atom stereocenters. The van der Waals surface area contributed by atoms with Crippen molar-refractivity contribution in [2.45, 2.75) is 0 Å². The number of carbonyl (C=O) groups excluding carboxylic acids is 1. The number of carbonyl (C=O) groups is 1. The van der Waals surface area contributed by atoms with Crippen LogP contribution in [0.3, 0.4) is 0 Å². The summed E-state index contributed by atoms with van der Waals surface area (Å²) in [5, 5.41) is 2.50. The molecule has 0 fully saturated rings. The molecule has 3 rings (SSSR count). The summed E-state index contributed by atoms with van der Waals surface area (Å²) >= 11 is 0. The van der Waals surface area contributed by atoms with Crippen LogP contribution in [0.25, 0.3) is 0 Å². The quantitative estimate of drug-likeness (QED) is 0.791. The van der Waals surface area contributed by atoms with Gasteiger partial charge in [0.1, 0.15) is 23.7 Å². The van der Waals surface area contributed by atoms with Gasteiger partial charge in [-0.3, -0.25) is 4.79 Å². The van der Waals surface area contributed by atoms with Crippen LogP contribution in [0.15, 0.2) is 61.2 Å². The van der Waals surface area contributed by atoms with Crippen molar-refractivity contribution < 1.29 is 18.3 Å². The maximum atomic E-state index is 13.7. The molecule has 0 spiro atoms. The van der Waals surface area contributed by atoms with Gasteiger partial charge in [0.25, 0.3) is 5.91 Å². The molecule has 0 atom stereocenters. The van der Waals surface area contributed by atoms with E-state index >= 15 is 0 Å². The smallest absolute Gasteiger partial charge is 0.255 e. The summed E-state index contributed by atoms with van der Waals surface area (Å²) in [6, 6.07) is 8.92.